The topological polar surface area (TPSA) is 83.3 Å². The Hall–Kier alpha value is -3.86. The van der Waals surface area contributed by atoms with Crippen molar-refractivity contribution in [2.24, 2.45) is 0 Å². The predicted octanol–water partition coefficient (Wildman–Crippen LogP) is 7.27. The molecule has 0 aliphatic rings. The van der Waals surface area contributed by atoms with Crippen molar-refractivity contribution in [3.63, 3.8) is 0 Å². The van der Waals surface area contributed by atoms with E-state index in [4.69, 9.17) is 4.98 Å². The summed E-state index contributed by atoms with van der Waals surface area (Å²) in [5, 5.41) is 13.3. The maximum Gasteiger partial charge on any atom is 0.315 e. The van der Waals surface area contributed by atoms with E-state index in [9.17, 15) is 9.18 Å². The molecule has 0 bridgehead atoms. The molecule has 5 rings (SSSR count). The van der Waals surface area contributed by atoms with Crippen LogP contribution in [0.5, 0.6) is 0 Å². The van der Waals surface area contributed by atoms with Gasteiger partial charge in [0, 0.05) is 35.1 Å². The van der Waals surface area contributed by atoms with Crippen molar-refractivity contribution in [3.05, 3.63) is 88.9 Å². The number of nitrogens with one attached hydrogen (secondary N) is 3. The van der Waals surface area contributed by atoms with Gasteiger partial charge in [-0.15, -0.1) is 22.7 Å². The summed E-state index contributed by atoms with van der Waals surface area (Å²) < 4.78 is 14.4. The average molecular weight is 549 g/mol. The van der Waals surface area contributed by atoms with E-state index in [0.717, 1.165) is 54.6 Å². The van der Waals surface area contributed by atoms with Gasteiger partial charge in [-0.05, 0) is 36.8 Å². The number of anilines is 3. The lowest BCUT2D eigenvalue weighted by molar-refractivity contribution is -0.128. The molecule has 5 aromatic rings. The quantitative estimate of drug-likeness (QED) is 0.159. The summed E-state index contributed by atoms with van der Waals surface area (Å²) in [4.78, 5) is 20.9. The molecular formula is C28H29FN6OS2. The highest BCUT2D eigenvalue weighted by Crippen LogP contribution is 2.33. The lowest BCUT2D eigenvalue weighted by Gasteiger charge is -2.10. The van der Waals surface area contributed by atoms with E-state index in [-0.39, 0.29) is 6.54 Å². The Morgan fingerprint density at radius 2 is 1.95 bits per heavy atom. The van der Waals surface area contributed by atoms with Crippen LogP contribution >= 0.6 is 22.7 Å². The Morgan fingerprint density at radius 3 is 2.74 bits per heavy atom. The van der Waals surface area contributed by atoms with Crippen LogP contribution in [0.3, 0.4) is 0 Å². The lowest BCUT2D eigenvalue weighted by Crippen LogP contribution is -2.20. The number of carbonyl (C=O) groups excluding carboxylic acids is 1. The van der Waals surface area contributed by atoms with Gasteiger partial charge in [0.25, 0.3) is 0 Å². The third kappa shape index (κ3) is 6.34. The minimum absolute atomic E-state index is 0.324. The van der Waals surface area contributed by atoms with Gasteiger partial charge in [0.15, 0.2) is 5.13 Å². The number of thiazole rings is 1. The van der Waals surface area contributed by atoms with Gasteiger partial charge in [0.1, 0.15) is 11.3 Å². The number of nitrogens with zero attached hydrogens (tertiary/aromatic N) is 3. The van der Waals surface area contributed by atoms with Gasteiger partial charge in [-0.3, -0.25) is 9.20 Å². The Morgan fingerprint density at radius 1 is 1.13 bits per heavy atom. The average Bonchev–Trinajstić information content (AvgIpc) is 3.67. The van der Waals surface area contributed by atoms with E-state index in [1.807, 2.05) is 72.3 Å². The number of fused-ring (bicyclic) bond motifs is 1. The van der Waals surface area contributed by atoms with E-state index >= 15 is 0 Å². The fourth-order valence-corrected chi connectivity index (χ4v) is 5.36. The molecule has 3 N–H and O–H groups in total. The molecule has 196 valence electrons. The molecule has 0 aliphatic heterocycles. The summed E-state index contributed by atoms with van der Waals surface area (Å²) in [5.41, 5.74) is 6.28. The molecule has 38 heavy (non-hydrogen) atoms. The molecule has 1 aromatic carbocycles. The summed E-state index contributed by atoms with van der Waals surface area (Å²) in [5.74, 6) is 0. The zero-order valence-electron chi connectivity index (χ0n) is 21.4. The van der Waals surface area contributed by atoms with Crippen LogP contribution in [0.2, 0.25) is 0 Å². The highest BCUT2D eigenvalue weighted by molar-refractivity contribution is 7.18. The number of thiophene rings is 1. The number of hydrogen-bond acceptors (Lipinski definition) is 8. The minimum atomic E-state index is -1.39. The number of aryl methyl sites for hydroxylation is 1. The largest absolute Gasteiger partial charge is 0.355 e. The Balaban J connectivity index is 0.00000164. The molecule has 10 heteroatoms. The number of carbonyl (C=O) groups is 1. The molecule has 0 saturated heterocycles. The van der Waals surface area contributed by atoms with E-state index in [0.29, 0.717) is 6.54 Å². The van der Waals surface area contributed by atoms with Crippen molar-refractivity contribution in [1.29, 1.82) is 0 Å². The molecule has 4 aromatic heterocycles. The lowest BCUT2D eigenvalue weighted by atomic mass is 10.2. The van der Waals surface area contributed by atoms with Gasteiger partial charge in [-0.2, -0.15) is 4.39 Å². The SMILES string of the molecule is C=C(Nc1ccccc1C)c1ccc(Nc2nc(-c3cnc4c(CNCC(=O)F)cccn34)cs2)s1.CC. The molecular weight excluding hydrogens is 519 g/mol. The number of imidazole rings is 1. The first kappa shape index (κ1) is 27.2. The Labute approximate surface area is 229 Å². The van der Waals surface area contributed by atoms with Crippen molar-refractivity contribution in [3.8, 4) is 11.4 Å². The van der Waals surface area contributed by atoms with E-state index < -0.39 is 6.04 Å². The van der Waals surface area contributed by atoms with Crippen LogP contribution in [-0.4, -0.2) is 27.0 Å². The highest BCUT2D eigenvalue weighted by atomic mass is 32.1. The van der Waals surface area contributed by atoms with E-state index in [1.54, 1.807) is 17.5 Å². The third-order valence-corrected chi connectivity index (χ3v) is 7.35. The molecule has 0 radical (unpaired) electrons. The van der Waals surface area contributed by atoms with Gasteiger partial charge in [-0.25, -0.2) is 9.97 Å². The van der Waals surface area contributed by atoms with Crippen LogP contribution in [0.4, 0.5) is 20.2 Å². The molecule has 0 aliphatic carbocycles. The summed E-state index contributed by atoms with van der Waals surface area (Å²) in [7, 11) is 0. The highest BCUT2D eigenvalue weighted by Gasteiger charge is 2.13. The number of hydrogen-bond donors (Lipinski definition) is 3. The fourth-order valence-electron chi connectivity index (χ4n) is 3.75. The third-order valence-electron chi connectivity index (χ3n) is 5.53. The molecule has 4 heterocycles. The van der Waals surface area contributed by atoms with Crippen molar-refractivity contribution in [2.75, 3.05) is 17.2 Å². The maximum absolute atomic E-state index is 12.5. The van der Waals surface area contributed by atoms with Crippen LogP contribution in [0, 0.1) is 6.92 Å². The van der Waals surface area contributed by atoms with E-state index in [2.05, 4.69) is 40.5 Å². The van der Waals surface area contributed by atoms with Crippen molar-refractivity contribution < 1.29 is 9.18 Å². The van der Waals surface area contributed by atoms with Crippen molar-refractivity contribution in [2.45, 2.75) is 27.3 Å². The first-order valence-electron chi connectivity index (χ1n) is 12.2. The van der Waals surface area contributed by atoms with Gasteiger partial charge in [-0.1, -0.05) is 44.7 Å². The number of halogens is 1. The molecule has 0 saturated carbocycles. The number of benzene rings is 1. The standard InChI is InChI=1S/C26H23FN6OS2.C2H6/c1-16-6-3-4-8-19(16)30-17(2)22-9-10-24(36-22)32-26-31-20(15-35-26)21-13-29-25-18(7-5-11-33(21)25)12-28-14-23(27)34;1-2/h3-11,13,15,28,30H,2,12,14H2,1H3,(H,31,32);1-2H3. The smallest absolute Gasteiger partial charge is 0.315 e. The second-order valence-corrected chi connectivity index (χ2v) is 10.0. The van der Waals surface area contributed by atoms with Crippen LogP contribution in [0.25, 0.3) is 22.7 Å². The number of pyridine rings is 1. The zero-order valence-corrected chi connectivity index (χ0v) is 23.0. The number of para-hydroxylation sites is 1. The normalized spacial score (nSPS) is 10.6. The Kier molecular flexibility index (Phi) is 9.01. The van der Waals surface area contributed by atoms with Gasteiger partial charge >= 0.3 is 6.04 Å². The summed E-state index contributed by atoms with van der Waals surface area (Å²) in [6.07, 6.45) is 3.68. The molecule has 0 atom stereocenters. The van der Waals surface area contributed by atoms with Crippen molar-refractivity contribution >= 4 is 55.9 Å². The predicted molar refractivity (Wildman–Crippen MR) is 157 cm³/mol. The number of aromatic nitrogens is 3. The summed E-state index contributed by atoms with van der Waals surface area (Å²) >= 11 is 3.11. The van der Waals surface area contributed by atoms with Crippen LogP contribution in [0.15, 0.2) is 72.9 Å². The first-order valence-corrected chi connectivity index (χ1v) is 13.9. The fraction of sp³-hybridized carbons (Fsp3) is 0.179. The summed E-state index contributed by atoms with van der Waals surface area (Å²) in [6, 6.07) is 14.6. The molecule has 0 fully saturated rings. The van der Waals surface area contributed by atoms with Crippen LogP contribution in [0.1, 0.15) is 29.9 Å². The molecule has 0 spiro atoms. The molecule has 0 unspecified atom stereocenters. The Bertz CT molecular complexity index is 1550. The first-order chi connectivity index (χ1) is 18.5. The van der Waals surface area contributed by atoms with Crippen LogP contribution < -0.4 is 16.0 Å². The van der Waals surface area contributed by atoms with Gasteiger partial charge < -0.3 is 16.0 Å². The minimum Gasteiger partial charge on any atom is -0.355 e. The monoisotopic (exact) mass is 548 g/mol. The second kappa shape index (κ2) is 12.6. The van der Waals surface area contributed by atoms with Gasteiger partial charge in [0.05, 0.1) is 28.3 Å². The van der Waals surface area contributed by atoms with E-state index in [1.165, 1.54) is 11.3 Å². The zero-order chi connectivity index (χ0) is 27.1. The second-order valence-electron chi connectivity index (χ2n) is 8.07. The number of rotatable bonds is 10. The maximum atomic E-state index is 12.5. The van der Waals surface area contributed by atoms with Gasteiger partial charge in [0.2, 0.25) is 0 Å². The summed E-state index contributed by atoms with van der Waals surface area (Å²) in [6.45, 7) is 10.3. The van der Waals surface area contributed by atoms with Crippen LogP contribution in [-0.2, 0) is 11.3 Å². The van der Waals surface area contributed by atoms with Crippen molar-refractivity contribution in [1.82, 2.24) is 19.7 Å². The molecule has 0 amide bonds. The molecule has 7 nitrogen and oxygen atoms in total.